The zero-order chi connectivity index (χ0) is 27.2. The lowest BCUT2D eigenvalue weighted by Gasteiger charge is -2.35. The number of carbonyl (C=O) groups is 1. The first kappa shape index (κ1) is 27.0. The van der Waals surface area contributed by atoms with Gasteiger partial charge in [0.1, 0.15) is 23.4 Å². The zero-order valence-electron chi connectivity index (χ0n) is 21.5. The Morgan fingerprint density at radius 2 is 1.82 bits per heavy atom. The average Bonchev–Trinajstić information content (AvgIpc) is 3.31. The summed E-state index contributed by atoms with van der Waals surface area (Å²) in [4.78, 5) is 18.6. The average molecular weight is 552 g/mol. The topological polar surface area (TPSA) is 86.8 Å². The van der Waals surface area contributed by atoms with Crippen LogP contribution in [0.1, 0.15) is 35.7 Å². The van der Waals surface area contributed by atoms with Gasteiger partial charge in [0.25, 0.3) is 0 Å². The molecule has 1 atom stereocenters. The molecule has 0 spiro atoms. The van der Waals surface area contributed by atoms with E-state index in [1.807, 2.05) is 42.5 Å². The minimum Gasteiger partial charge on any atom is -0.494 e. The second-order valence-electron chi connectivity index (χ2n) is 9.47. The number of hydrogen-bond acceptors (Lipinski definition) is 5. The van der Waals surface area contributed by atoms with Crippen LogP contribution in [0.2, 0.25) is 5.02 Å². The maximum Gasteiger partial charge on any atom is 0.416 e. The van der Waals surface area contributed by atoms with E-state index < -0.39 is 18.0 Å². The van der Waals surface area contributed by atoms with E-state index in [0.717, 1.165) is 52.9 Å². The van der Waals surface area contributed by atoms with E-state index in [0.29, 0.717) is 31.1 Å². The molecule has 7 nitrogen and oxygen atoms in total. The second kappa shape index (κ2) is 12.5. The number of aliphatic hydroxyl groups excluding tert-OH is 1. The van der Waals surface area contributed by atoms with Crippen LogP contribution in [0.3, 0.4) is 0 Å². The Morgan fingerprint density at radius 3 is 2.59 bits per heavy atom. The Kier molecular flexibility index (Phi) is 8.66. The Balaban J connectivity index is 1.37. The van der Waals surface area contributed by atoms with Crippen molar-refractivity contribution in [3.8, 4) is 11.5 Å². The van der Waals surface area contributed by atoms with E-state index in [1.54, 1.807) is 4.90 Å². The third kappa shape index (κ3) is 6.36. The van der Waals surface area contributed by atoms with Gasteiger partial charge in [-0.15, -0.1) is 0 Å². The van der Waals surface area contributed by atoms with E-state index in [2.05, 4.69) is 10.3 Å². The number of rotatable bonds is 10. The van der Waals surface area contributed by atoms with Gasteiger partial charge in [0.05, 0.1) is 13.2 Å². The Labute approximate surface area is 231 Å². The van der Waals surface area contributed by atoms with Crippen LogP contribution in [-0.2, 0) is 6.42 Å². The molecule has 0 saturated heterocycles. The lowest BCUT2D eigenvalue weighted by molar-refractivity contribution is 0.135. The number of benzene rings is 3. The SMILES string of the molecule is O=C(Oc1ccc(F)cc1)N1CCc2c([nH]c3ccc(Cl)cc23)C1c1ccc(OCCCCNCCO)cc1. The van der Waals surface area contributed by atoms with Crippen molar-refractivity contribution < 1.29 is 23.8 Å². The van der Waals surface area contributed by atoms with Gasteiger partial charge < -0.3 is 24.9 Å². The number of aromatic nitrogens is 1. The summed E-state index contributed by atoms with van der Waals surface area (Å²) >= 11 is 6.30. The summed E-state index contributed by atoms with van der Waals surface area (Å²) < 4.78 is 24.9. The van der Waals surface area contributed by atoms with E-state index in [1.165, 1.54) is 24.3 Å². The number of aliphatic hydroxyl groups is 1. The van der Waals surface area contributed by atoms with Gasteiger partial charge in [-0.3, -0.25) is 4.90 Å². The van der Waals surface area contributed by atoms with Crippen molar-refractivity contribution in [3.63, 3.8) is 0 Å². The van der Waals surface area contributed by atoms with Crippen LogP contribution in [0, 0.1) is 5.82 Å². The molecule has 0 fully saturated rings. The van der Waals surface area contributed by atoms with Gasteiger partial charge in [0.2, 0.25) is 0 Å². The van der Waals surface area contributed by atoms with Crippen molar-refractivity contribution in [2.45, 2.75) is 25.3 Å². The van der Waals surface area contributed by atoms with Gasteiger partial charge in [-0.25, -0.2) is 9.18 Å². The van der Waals surface area contributed by atoms with Gasteiger partial charge in [-0.1, -0.05) is 23.7 Å². The fourth-order valence-corrected chi connectivity index (χ4v) is 5.13. The molecule has 2 heterocycles. The molecule has 3 aromatic carbocycles. The number of halogens is 2. The second-order valence-corrected chi connectivity index (χ2v) is 9.91. The number of nitrogens with zero attached hydrogens (tertiary/aromatic N) is 1. The summed E-state index contributed by atoms with van der Waals surface area (Å²) in [5.41, 5.74) is 3.90. The van der Waals surface area contributed by atoms with E-state index in [-0.39, 0.29) is 12.4 Å². The van der Waals surface area contributed by atoms with Gasteiger partial charge in [-0.05, 0) is 91.5 Å². The van der Waals surface area contributed by atoms with E-state index in [4.69, 9.17) is 26.2 Å². The lowest BCUT2D eigenvalue weighted by Crippen LogP contribution is -2.42. The third-order valence-electron chi connectivity index (χ3n) is 6.84. The van der Waals surface area contributed by atoms with Gasteiger partial charge in [-0.2, -0.15) is 0 Å². The minimum atomic E-state index is -0.510. The number of aromatic amines is 1. The summed E-state index contributed by atoms with van der Waals surface area (Å²) in [6.45, 7) is 2.61. The van der Waals surface area contributed by atoms with Crippen LogP contribution in [0.15, 0.2) is 66.7 Å². The summed E-state index contributed by atoms with van der Waals surface area (Å²) in [7, 11) is 0. The molecule has 0 radical (unpaired) electrons. The van der Waals surface area contributed by atoms with Crippen molar-refractivity contribution in [2.75, 3.05) is 32.8 Å². The first-order valence-electron chi connectivity index (χ1n) is 13.1. The lowest BCUT2D eigenvalue weighted by atomic mass is 9.92. The standard InChI is InChI=1S/C30H31ClFN3O4/c31-21-5-12-27-26(19-21)25-13-16-35(30(37)39-24-10-6-22(32)7-11-24)29(28(25)34-27)20-3-8-23(9-4-20)38-18-2-1-14-33-15-17-36/h3-12,19,29,33-34,36H,1-2,13-18H2. The predicted octanol–water partition coefficient (Wildman–Crippen LogP) is 5.85. The molecule has 0 aliphatic carbocycles. The molecule has 39 heavy (non-hydrogen) atoms. The van der Waals surface area contributed by atoms with Gasteiger partial charge >= 0.3 is 6.09 Å². The minimum absolute atomic E-state index is 0.138. The van der Waals surface area contributed by atoms with Crippen LogP contribution in [0.4, 0.5) is 9.18 Å². The smallest absolute Gasteiger partial charge is 0.416 e. The van der Waals surface area contributed by atoms with Crippen LogP contribution < -0.4 is 14.8 Å². The highest BCUT2D eigenvalue weighted by molar-refractivity contribution is 6.31. The highest BCUT2D eigenvalue weighted by atomic mass is 35.5. The molecule has 1 amide bonds. The molecular formula is C30H31ClFN3O4. The molecule has 9 heteroatoms. The van der Waals surface area contributed by atoms with E-state index >= 15 is 0 Å². The Bertz CT molecular complexity index is 1410. The zero-order valence-corrected chi connectivity index (χ0v) is 22.2. The molecule has 1 aliphatic heterocycles. The molecule has 0 saturated carbocycles. The molecule has 0 bridgehead atoms. The molecule has 1 aliphatic rings. The van der Waals surface area contributed by atoms with Crippen molar-refractivity contribution in [2.24, 2.45) is 0 Å². The van der Waals surface area contributed by atoms with Crippen LogP contribution in [-0.4, -0.2) is 53.9 Å². The number of ether oxygens (including phenoxy) is 2. The predicted molar refractivity (Wildman–Crippen MR) is 149 cm³/mol. The number of carbonyl (C=O) groups excluding carboxylic acids is 1. The van der Waals surface area contributed by atoms with E-state index in [9.17, 15) is 9.18 Å². The largest absolute Gasteiger partial charge is 0.494 e. The normalized spacial score (nSPS) is 14.8. The third-order valence-corrected chi connectivity index (χ3v) is 7.08. The molecule has 5 rings (SSSR count). The molecule has 4 aromatic rings. The van der Waals surface area contributed by atoms with Gasteiger partial charge in [0.15, 0.2) is 0 Å². The summed E-state index contributed by atoms with van der Waals surface area (Å²) in [6, 6.07) is 18.5. The Morgan fingerprint density at radius 1 is 1.05 bits per heavy atom. The van der Waals surface area contributed by atoms with Crippen molar-refractivity contribution in [3.05, 3.63) is 94.4 Å². The molecular weight excluding hydrogens is 521 g/mol. The maximum absolute atomic E-state index is 13.4. The number of fused-ring (bicyclic) bond motifs is 3. The van der Waals surface area contributed by atoms with Gasteiger partial charge in [0, 0.05) is 34.7 Å². The number of amides is 1. The molecule has 1 aromatic heterocycles. The van der Waals surface area contributed by atoms with Crippen LogP contribution in [0.25, 0.3) is 10.9 Å². The first-order valence-corrected chi connectivity index (χ1v) is 13.5. The first-order chi connectivity index (χ1) is 19.0. The highest BCUT2D eigenvalue weighted by Crippen LogP contribution is 2.40. The summed E-state index contributed by atoms with van der Waals surface area (Å²) in [6.07, 6.45) is 1.98. The Hall–Kier alpha value is -3.59. The fourth-order valence-electron chi connectivity index (χ4n) is 4.96. The van der Waals surface area contributed by atoms with Crippen molar-refractivity contribution in [1.82, 2.24) is 15.2 Å². The number of nitrogens with one attached hydrogen (secondary N) is 2. The number of unbranched alkanes of at least 4 members (excludes halogenated alkanes) is 1. The maximum atomic E-state index is 13.4. The van der Waals surface area contributed by atoms with Crippen LogP contribution >= 0.6 is 11.6 Å². The quantitative estimate of drug-likeness (QED) is 0.215. The van der Waals surface area contributed by atoms with Crippen molar-refractivity contribution >= 4 is 28.6 Å². The van der Waals surface area contributed by atoms with Crippen molar-refractivity contribution in [1.29, 1.82) is 0 Å². The molecule has 1 unspecified atom stereocenters. The summed E-state index contributed by atoms with van der Waals surface area (Å²) in [5, 5.41) is 13.7. The molecule has 3 N–H and O–H groups in total. The monoisotopic (exact) mass is 551 g/mol. The number of H-pyrrole nitrogens is 1. The van der Waals surface area contributed by atoms with Crippen LogP contribution in [0.5, 0.6) is 11.5 Å². The number of hydrogen-bond donors (Lipinski definition) is 3. The molecule has 204 valence electrons. The summed E-state index contributed by atoms with van der Waals surface area (Å²) in [5.74, 6) is 0.638. The highest BCUT2D eigenvalue weighted by Gasteiger charge is 2.35. The fraction of sp³-hybridized carbons (Fsp3) is 0.300.